The van der Waals surface area contributed by atoms with E-state index in [9.17, 15) is 29.7 Å². The average Bonchev–Trinajstić information content (AvgIpc) is 1.82. The van der Waals surface area contributed by atoms with Gasteiger partial charge in [0, 0.05) is 24.8 Å². The SMILES string of the molecule is Cl.O=C([O-])CC(O)(CC(=O)[O-])C(=O)[O-].[Na+].[Na+].[Na+].[Na+].[OH-]. The van der Waals surface area contributed by atoms with Crippen molar-refractivity contribution < 1.29 is 159 Å². The molecule has 13 heteroatoms. The number of carbonyl (C=O) groups excluding carboxylic acids is 3. The molecule has 0 rings (SSSR count). The molecule has 0 aromatic carbocycles. The van der Waals surface area contributed by atoms with Crippen molar-refractivity contribution in [3.05, 3.63) is 0 Å². The molecule has 0 saturated heterocycles. The van der Waals surface area contributed by atoms with Crippen molar-refractivity contribution in [1.29, 1.82) is 0 Å². The zero-order chi connectivity index (χ0) is 10.6. The molecular weight excluding hydrogens is 327 g/mol. The summed E-state index contributed by atoms with van der Waals surface area (Å²) in [6.07, 6.45) is -2.72. The molecular formula is C6H7ClNa4O8. The summed E-state index contributed by atoms with van der Waals surface area (Å²) in [5.41, 5.74) is -2.97. The largest absolute Gasteiger partial charge is 1.00 e. The molecule has 0 atom stereocenters. The maximum atomic E-state index is 10.1. The Bertz CT molecular complexity index is 248. The van der Waals surface area contributed by atoms with Crippen LogP contribution in [0.1, 0.15) is 12.8 Å². The van der Waals surface area contributed by atoms with Crippen LogP contribution in [0.5, 0.6) is 0 Å². The summed E-state index contributed by atoms with van der Waals surface area (Å²) in [6.45, 7) is 0. The van der Waals surface area contributed by atoms with Crippen molar-refractivity contribution in [3.63, 3.8) is 0 Å². The molecule has 0 aromatic heterocycles. The van der Waals surface area contributed by atoms with E-state index in [-0.39, 0.29) is 136 Å². The smallest absolute Gasteiger partial charge is 0.870 e. The van der Waals surface area contributed by atoms with Gasteiger partial charge in [-0.05, 0) is 0 Å². The van der Waals surface area contributed by atoms with Gasteiger partial charge in [-0.2, -0.15) is 0 Å². The summed E-state index contributed by atoms with van der Waals surface area (Å²) >= 11 is 0. The molecule has 0 aromatic rings. The van der Waals surface area contributed by atoms with Crippen LogP contribution in [0, 0.1) is 0 Å². The van der Waals surface area contributed by atoms with E-state index in [1.807, 2.05) is 0 Å². The number of carboxylic acids is 3. The van der Waals surface area contributed by atoms with Gasteiger partial charge in [-0.15, -0.1) is 12.4 Å². The Morgan fingerprint density at radius 1 is 0.842 bits per heavy atom. The summed E-state index contributed by atoms with van der Waals surface area (Å²) in [5.74, 6) is -5.98. The fourth-order valence-electron chi connectivity index (χ4n) is 0.684. The second-order valence-corrected chi connectivity index (χ2v) is 2.42. The van der Waals surface area contributed by atoms with E-state index in [4.69, 9.17) is 5.11 Å². The first-order valence-electron chi connectivity index (χ1n) is 3.11. The van der Waals surface area contributed by atoms with E-state index in [1.165, 1.54) is 0 Å². The van der Waals surface area contributed by atoms with Crippen LogP contribution in [-0.4, -0.2) is 34.1 Å². The molecule has 0 unspecified atom stereocenters. The molecule has 8 nitrogen and oxygen atoms in total. The van der Waals surface area contributed by atoms with Crippen LogP contribution in [0.15, 0.2) is 0 Å². The number of carboxylic acid groups (broad SMARTS) is 3. The predicted molar refractivity (Wildman–Crippen MR) is 38.4 cm³/mol. The van der Waals surface area contributed by atoms with Gasteiger partial charge in [0.15, 0.2) is 0 Å². The maximum absolute atomic E-state index is 10.1. The van der Waals surface area contributed by atoms with E-state index in [0.29, 0.717) is 0 Å². The first-order chi connectivity index (χ1) is 5.78. The fourth-order valence-corrected chi connectivity index (χ4v) is 0.684. The van der Waals surface area contributed by atoms with E-state index in [0.717, 1.165) is 0 Å². The van der Waals surface area contributed by atoms with Crippen LogP contribution in [-0.2, 0) is 14.4 Å². The van der Waals surface area contributed by atoms with Crippen LogP contribution < -0.4 is 134 Å². The molecule has 0 saturated carbocycles. The van der Waals surface area contributed by atoms with E-state index in [2.05, 4.69) is 0 Å². The van der Waals surface area contributed by atoms with Crippen LogP contribution in [0.4, 0.5) is 0 Å². The predicted octanol–water partition coefficient (Wildman–Crippen LogP) is -17.0. The maximum Gasteiger partial charge on any atom is 1.00 e. The summed E-state index contributed by atoms with van der Waals surface area (Å²) in [7, 11) is 0. The van der Waals surface area contributed by atoms with Gasteiger partial charge < -0.3 is 40.3 Å². The zero-order valence-electron chi connectivity index (χ0n) is 11.2. The topological polar surface area (TPSA) is 171 Å². The number of carbonyl (C=O) groups is 3. The van der Waals surface area contributed by atoms with Crippen molar-refractivity contribution in [3.8, 4) is 0 Å². The van der Waals surface area contributed by atoms with Gasteiger partial charge in [0.25, 0.3) is 0 Å². The van der Waals surface area contributed by atoms with Crippen LogP contribution in [0.2, 0.25) is 0 Å². The standard InChI is InChI=1S/C6H8O7.ClH.4Na.H2O/c7-3(8)1-6(13,5(11)12)2-4(9)10;;;;;;/h13H,1-2H2,(H,7,8)(H,9,10)(H,11,12);1H;;;;;1H2/q;;4*+1;/p-4. The molecule has 0 radical (unpaired) electrons. The number of halogens is 1. The summed E-state index contributed by atoms with van der Waals surface area (Å²) < 4.78 is 0. The fraction of sp³-hybridized carbons (Fsp3) is 0.500. The van der Waals surface area contributed by atoms with E-state index < -0.39 is 36.4 Å². The molecule has 0 bridgehead atoms. The minimum atomic E-state index is -2.97. The van der Waals surface area contributed by atoms with Gasteiger partial charge in [0.2, 0.25) is 0 Å². The molecule has 0 spiro atoms. The number of aliphatic hydroxyl groups is 1. The molecule has 0 aliphatic rings. The van der Waals surface area contributed by atoms with Crippen LogP contribution >= 0.6 is 12.4 Å². The van der Waals surface area contributed by atoms with Crippen molar-refractivity contribution in [2.45, 2.75) is 18.4 Å². The van der Waals surface area contributed by atoms with Gasteiger partial charge in [-0.25, -0.2) is 0 Å². The number of hydrogen-bond donors (Lipinski definition) is 1. The van der Waals surface area contributed by atoms with E-state index in [1.54, 1.807) is 0 Å². The van der Waals surface area contributed by atoms with Crippen molar-refractivity contribution in [2.75, 3.05) is 0 Å². The van der Waals surface area contributed by atoms with Gasteiger partial charge in [0.1, 0.15) is 5.60 Å². The van der Waals surface area contributed by atoms with Crippen molar-refractivity contribution >= 4 is 30.3 Å². The molecule has 0 aliphatic heterocycles. The second-order valence-electron chi connectivity index (χ2n) is 2.42. The quantitative estimate of drug-likeness (QED) is 0.483. The zero-order valence-corrected chi connectivity index (χ0v) is 20.0. The normalized spacial score (nSPS) is 7.42. The monoisotopic (exact) mass is 334 g/mol. The molecule has 0 aliphatic carbocycles. The van der Waals surface area contributed by atoms with Crippen molar-refractivity contribution in [2.24, 2.45) is 0 Å². The Balaban J connectivity index is -0.0000000480. The molecule has 0 heterocycles. The minimum Gasteiger partial charge on any atom is -0.870 e. The third kappa shape index (κ3) is 20.6. The first-order valence-corrected chi connectivity index (χ1v) is 3.11. The molecule has 90 valence electrons. The third-order valence-corrected chi connectivity index (χ3v) is 1.25. The Hall–Kier alpha value is 2.62. The number of rotatable bonds is 5. The Morgan fingerprint density at radius 3 is 1.16 bits per heavy atom. The first kappa shape index (κ1) is 43.0. The molecule has 0 fully saturated rings. The van der Waals surface area contributed by atoms with Gasteiger partial charge >= 0.3 is 118 Å². The number of aliphatic carboxylic acids is 3. The summed E-state index contributed by atoms with van der Waals surface area (Å²) in [6, 6.07) is 0. The molecule has 2 N–H and O–H groups in total. The van der Waals surface area contributed by atoms with Crippen LogP contribution in [0.25, 0.3) is 0 Å². The van der Waals surface area contributed by atoms with Gasteiger partial charge in [-0.1, -0.05) is 0 Å². The molecule has 0 amide bonds. The average molecular weight is 335 g/mol. The van der Waals surface area contributed by atoms with Crippen molar-refractivity contribution in [1.82, 2.24) is 0 Å². The third-order valence-electron chi connectivity index (χ3n) is 1.25. The van der Waals surface area contributed by atoms with Crippen LogP contribution in [0.3, 0.4) is 0 Å². The number of hydrogen-bond acceptors (Lipinski definition) is 8. The summed E-state index contributed by atoms with van der Waals surface area (Å²) in [5, 5.41) is 38.9. The molecule has 19 heavy (non-hydrogen) atoms. The Morgan fingerprint density at radius 2 is 1.05 bits per heavy atom. The Labute approximate surface area is 204 Å². The summed E-state index contributed by atoms with van der Waals surface area (Å²) in [4.78, 5) is 30.0. The Kier molecular flexibility index (Phi) is 46.7. The van der Waals surface area contributed by atoms with Gasteiger partial charge in [-0.3, -0.25) is 0 Å². The minimum absolute atomic E-state index is 0. The van der Waals surface area contributed by atoms with E-state index >= 15 is 0 Å². The van der Waals surface area contributed by atoms with Gasteiger partial charge in [0.05, 0.1) is 5.97 Å². The second kappa shape index (κ2) is 20.6.